The van der Waals surface area contributed by atoms with Gasteiger partial charge in [0.2, 0.25) is 0 Å². The molecule has 17 heavy (non-hydrogen) atoms. The zero-order valence-corrected chi connectivity index (χ0v) is 10.8. The van der Waals surface area contributed by atoms with Crippen LogP contribution < -0.4 is 5.23 Å². The van der Waals surface area contributed by atoms with Crippen LogP contribution in [0.4, 0.5) is 0 Å². The Balaban J connectivity index is 2.15. The highest BCUT2D eigenvalue weighted by Gasteiger charge is 2.55. The molecule has 4 atom stereocenters. The van der Waals surface area contributed by atoms with Crippen LogP contribution in [-0.2, 0) is 14.3 Å². The lowest BCUT2D eigenvalue weighted by atomic mass is 9.86. The van der Waals surface area contributed by atoms with Crippen LogP contribution in [0.2, 0.25) is 6.82 Å². The zero-order chi connectivity index (χ0) is 12.8. The first-order valence-electron chi connectivity index (χ1n) is 6.10. The minimum absolute atomic E-state index is 0.0318. The molecule has 0 radical (unpaired) electrons. The summed E-state index contributed by atoms with van der Waals surface area (Å²) >= 11 is 0. The molecular weight excluding hydrogens is 221 g/mol. The summed E-state index contributed by atoms with van der Waals surface area (Å²) in [5.41, 5.74) is 0. The second-order valence-corrected chi connectivity index (χ2v) is 5.47. The molecule has 0 unspecified atom stereocenters. The van der Waals surface area contributed by atoms with Crippen LogP contribution in [0.5, 0.6) is 0 Å². The average molecular weight is 241 g/mol. The van der Waals surface area contributed by atoms with E-state index in [0.717, 1.165) is 0 Å². The third-order valence-electron chi connectivity index (χ3n) is 3.44. The molecule has 0 aromatic heterocycles. The Morgan fingerprint density at radius 3 is 2.53 bits per heavy atom. The van der Waals surface area contributed by atoms with Crippen LogP contribution >= 0.6 is 0 Å². The van der Waals surface area contributed by atoms with E-state index in [0.29, 0.717) is 6.42 Å². The van der Waals surface area contributed by atoms with Crippen molar-refractivity contribution < 1.29 is 19.3 Å². The van der Waals surface area contributed by atoms with Crippen molar-refractivity contribution in [1.29, 1.82) is 0 Å². The monoisotopic (exact) mass is 241 g/mol. The average Bonchev–Trinajstić information content (AvgIpc) is 2.60. The third kappa shape index (κ3) is 2.55. The van der Waals surface area contributed by atoms with Gasteiger partial charge in [-0.25, -0.2) is 0 Å². The molecule has 0 spiro atoms. The van der Waals surface area contributed by atoms with Gasteiger partial charge in [-0.15, -0.1) is 0 Å². The number of carbonyl (C=O) groups excluding carboxylic acids is 1. The van der Waals surface area contributed by atoms with Crippen molar-refractivity contribution in [3.05, 3.63) is 0 Å². The molecule has 6 heteroatoms. The molecule has 0 aromatic rings. The molecule has 1 saturated heterocycles. The molecule has 1 aliphatic carbocycles. The van der Waals surface area contributed by atoms with Crippen molar-refractivity contribution in [2.75, 3.05) is 0 Å². The van der Waals surface area contributed by atoms with Crippen molar-refractivity contribution in [3.8, 4) is 0 Å². The molecule has 0 amide bonds. The third-order valence-corrected chi connectivity index (χ3v) is 3.44. The van der Waals surface area contributed by atoms with Gasteiger partial charge >= 0.3 is 7.05 Å². The van der Waals surface area contributed by atoms with Gasteiger partial charge in [0.05, 0.1) is 6.10 Å². The van der Waals surface area contributed by atoms with Crippen molar-refractivity contribution in [2.45, 2.75) is 58.1 Å². The Bertz CT molecular complexity index is 321. The van der Waals surface area contributed by atoms with E-state index in [-0.39, 0.29) is 30.0 Å². The van der Waals surface area contributed by atoms with Crippen LogP contribution in [0, 0.1) is 5.92 Å². The second-order valence-electron chi connectivity index (χ2n) is 5.47. The molecular formula is C11H20BNO4. The number of ketones is 1. The standard InChI is InChI=1S/C11H20BNO4/c1-6(14)7-5-8(13-12(4)15)10-9(7)16-11(2,3)17-10/h7-10,13,15H,5H2,1-4H3/t7-,8-,9-,10+/m1/s1. The van der Waals surface area contributed by atoms with E-state index in [1.165, 1.54) is 0 Å². The van der Waals surface area contributed by atoms with Gasteiger partial charge in [0, 0.05) is 12.0 Å². The molecule has 5 nitrogen and oxygen atoms in total. The van der Waals surface area contributed by atoms with Crippen LogP contribution in [0.25, 0.3) is 0 Å². The summed E-state index contributed by atoms with van der Waals surface area (Å²) in [5, 5.41) is 12.4. The van der Waals surface area contributed by atoms with Crippen LogP contribution in [0.1, 0.15) is 27.2 Å². The lowest BCUT2D eigenvalue weighted by molar-refractivity contribution is -0.160. The SMILES string of the molecule is CB(O)N[C@@H]1C[C@H](C(C)=O)[C@H]2OC(C)(C)O[C@H]21. The molecule has 2 aliphatic rings. The zero-order valence-electron chi connectivity index (χ0n) is 10.8. The summed E-state index contributed by atoms with van der Waals surface area (Å²) < 4.78 is 11.6. The van der Waals surface area contributed by atoms with Gasteiger partial charge in [0.15, 0.2) is 5.79 Å². The van der Waals surface area contributed by atoms with Gasteiger partial charge in [-0.1, -0.05) is 0 Å². The summed E-state index contributed by atoms with van der Waals surface area (Å²) in [6, 6.07) is -0.0318. The van der Waals surface area contributed by atoms with E-state index >= 15 is 0 Å². The first-order valence-corrected chi connectivity index (χ1v) is 6.10. The lowest BCUT2D eigenvalue weighted by Gasteiger charge is -2.23. The number of hydrogen-bond acceptors (Lipinski definition) is 5. The fourth-order valence-electron chi connectivity index (χ4n) is 2.85. The first kappa shape index (κ1) is 13.0. The molecule has 0 bridgehead atoms. The smallest absolute Gasteiger partial charge is 0.373 e. The van der Waals surface area contributed by atoms with Crippen molar-refractivity contribution in [2.24, 2.45) is 5.92 Å². The summed E-state index contributed by atoms with van der Waals surface area (Å²) in [7, 11) is -0.612. The van der Waals surface area contributed by atoms with E-state index in [2.05, 4.69) is 5.23 Å². The largest absolute Gasteiger partial charge is 0.437 e. The van der Waals surface area contributed by atoms with E-state index in [4.69, 9.17) is 9.47 Å². The van der Waals surface area contributed by atoms with Gasteiger partial charge in [-0.3, -0.25) is 4.79 Å². The molecule has 96 valence electrons. The van der Waals surface area contributed by atoms with E-state index in [1.807, 2.05) is 13.8 Å². The van der Waals surface area contributed by atoms with E-state index < -0.39 is 12.8 Å². The van der Waals surface area contributed by atoms with E-state index in [1.54, 1.807) is 13.7 Å². The summed E-state index contributed by atoms with van der Waals surface area (Å²) in [6.45, 7) is 6.95. The van der Waals surface area contributed by atoms with Gasteiger partial charge in [0.1, 0.15) is 11.9 Å². The lowest BCUT2D eigenvalue weighted by Crippen LogP contribution is -2.46. The topological polar surface area (TPSA) is 67.8 Å². The number of ether oxygens (including phenoxy) is 2. The fraction of sp³-hybridized carbons (Fsp3) is 0.909. The highest BCUT2D eigenvalue weighted by atomic mass is 16.8. The van der Waals surface area contributed by atoms with Gasteiger partial charge in [0.25, 0.3) is 0 Å². The Kier molecular flexibility index (Phi) is 3.33. The van der Waals surface area contributed by atoms with Gasteiger partial charge in [-0.05, 0) is 34.0 Å². The molecule has 2 N–H and O–H groups in total. The van der Waals surface area contributed by atoms with Gasteiger partial charge < -0.3 is 19.7 Å². The fourth-order valence-corrected chi connectivity index (χ4v) is 2.85. The number of hydrogen-bond donors (Lipinski definition) is 2. The second kappa shape index (κ2) is 4.35. The van der Waals surface area contributed by atoms with Crippen molar-refractivity contribution in [1.82, 2.24) is 5.23 Å². The summed E-state index contributed by atoms with van der Waals surface area (Å²) in [4.78, 5) is 11.6. The Morgan fingerprint density at radius 2 is 2.00 bits per heavy atom. The number of Topliss-reactive ketones (excluding diaryl/α,β-unsaturated/α-hetero) is 1. The number of carbonyl (C=O) groups is 1. The van der Waals surface area contributed by atoms with E-state index in [9.17, 15) is 9.82 Å². The Morgan fingerprint density at radius 1 is 1.41 bits per heavy atom. The normalized spacial score (nSPS) is 39.1. The molecule has 0 aromatic carbocycles. The van der Waals surface area contributed by atoms with Crippen molar-refractivity contribution in [3.63, 3.8) is 0 Å². The maximum atomic E-state index is 11.6. The molecule has 2 fully saturated rings. The minimum Gasteiger partial charge on any atom is -0.437 e. The summed E-state index contributed by atoms with van der Waals surface area (Å²) in [5.74, 6) is -0.670. The summed E-state index contributed by atoms with van der Waals surface area (Å²) in [6.07, 6.45) is 0.304. The maximum absolute atomic E-state index is 11.6. The highest BCUT2D eigenvalue weighted by Crippen LogP contribution is 2.41. The Labute approximate surface area is 102 Å². The number of nitrogens with one attached hydrogen (secondary N) is 1. The van der Waals surface area contributed by atoms with Crippen LogP contribution in [0.3, 0.4) is 0 Å². The number of rotatable bonds is 3. The minimum atomic E-state index is -0.651. The molecule has 1 saturated carbocycles. The number of fused-ring (bicyclic) bond motifs is 1. The van der Waals surface area contributed by atoms with Crippen molar-refractivity contribution >= 4 is 12.8 Å². The maximum Gasteiger partial charge on any atom is 0.373 e. The Hall–Kier alpha value is -0.425. The molecule has 1 heterocycles. The van der Waals surface area contributed by atoms with Crippen LogP contribution in [0.15, 0.2) is 0 Å². The quantitative estimate of drug-likeness (QED) is 0.690. The predicted octanol–water partition coefficient (Wildman–Crippen LogP) is 0.184. The van der Waals surface area contributed by atoms with Gasteiger partial charge in [-0.2, -0.15) is 0 Å². The molecule has 2 rings (SSSR count). The first-order chi connectivity index (χ1) is 7.80. The highest BCUT2D eigenvalue weighted by molar-refractivity contribution is 6.45. The van der Waals surface area contributed by atoms with Crippen LogP contribution in [-0.4, -0.2) is 41.9 Å². The molecule has 1 aliphatic heterocycles. The predicted molar refractivity (Wildman–Crippen MR) is 63.4 cm³/mol.